The van der Waals surface area contributed by atoms with Crippen LogP contribution >= 0.6 is 0 Å². The lowest BCUT2D eigenvalue weighted by Gasteiger charge is -2.15. The molecule has 0 aliphatic heterocycles. The molecule has 5 nitrogen and oxygen atoms in total. The zero-order valence-electron chi connectivity index (χ0n) is 15.0. The van der Waals surface area contributed by atoms with Gasteiger partial charge in [-0.05, 0) is 37.1 Å². The van der Waals surface area contributed by atoms with Crippen molar-refractivity contribution in [1.82, 2.24) is 0 Å². The molecule has 0 aromatic heterocycles. The van der Waals surface area contributed by atoms with E-state index in [-0.39, 0.29) is 23.7 Å². The lowest BCUT2D eigenvalue weighted by Crippen LogP contribution is -2.05. The third-order valence-corrected chi connectivity index (χ3v) is 3.66. The van der Waals surface area contributed by atoms with Crippen molar-refractivity contribution < 1.29 is 24.5 Å². The molecule has 0 radical (unpaired) electrons. The van der Waals surface area contributed by atoms with Crippen molar-refractivity contribution in [3.05, 3.63) is 64.7 Å². The van der Waals surface area contributed by atoms with Crippen LogP contribution in [0.3, 0.4) is 0 Å². The van der Waals surface area contributed by atoms with E-state index in [1.54, 1.807) is 18.2 Å². The summed E-state index contributed by atoms with van der Waals surface area (Å²) in [7, 11) is 1.44. The van der Waals surface area contributed by atoms with E-state index in [9.17, 15) is 15.0 Å². The number of aromatic carboxylic acids is 1. The molecule has 2 aromatic carbocycles. The van der Waals surface area contributed by atoms with Gasteiger partial charge in [-0.3, -0.25) is 0 Å². The lowest BCUT2D eigenvalue weighted by molar-refractivity contribution is 0.0692. The molecule has 26 heavy (non-hydrogen) atoms. The number of methoxy groups -OCH3 is 1. The summed E-state index contributed by atoms with van der Waals surface area (Å²) in [6.07, 6.45) is 5.22. The smallest absolute Gasteiger partial charge is 0.340 e. The second kappa shape index (κ2) is 8.76. The average Bonchev–Trinajstić information content (AvgIpc) is 2.61. The van der Waals surface area contributed by atoms with E-state index in [1.165, 1.54) is 7.11 Å². The van der Waals surface area contributed by atoms with Crippen LogP contribution in [0, 0.1) is 0 Å². The highest BCUT2D eigenvalue weighted by molar-refractivity contribution is 5.98. The summed E-state index contributed by atoms with van der Waals surface area (Å²) in [4.78, 5) is 11.7. The lowest BCUT2D eigenvalue weighted by atomic mass is 10.0. The summed E-state index contributed by atoms with van der Waals surface area (Å²) in [5.41, 5.74) is 2.05. The zero-order chi connectivity index (χ0) is 19.1. The maximum atomic E-state index is 11.7. The molecule has 0 aliphatic rings. The van der Waals surface area contributed by atoms with Gasteiger partial charge in [-0.25, -0.2) is 4.79 Å². The Morgan fingerprint density at radius 2 is 1.85 bits per heavy atom. The standard InChI is InChI=1S/C21H22O5/c1-14(2)11-12-26-20-17(25-3)13-16(18(19(20)22)21(23)24)10-9-15-7-5-4-6-8-15/h4-11,13,22H,12H2,1-3H3,(H,23,24)/b10-9+. The quantitative estimate of drug-likeness (QED) is 0.561. The molecular weight excluding hydrogens is 332 g/mol. The zero-order valence-corrected chi connectivity index (χ0v) is 15.0. The van der Waals surface area contributed by atoms with Gasteiger partial charge in [0.15, 0.2) is 11.5 Å². The highest BCUT2D eigenvalue weighted by Gasteiger charge is 2.23. The SMILES string of the molecule is COc1cc(/C=C/c2ccccc2)c(C(=O)O)c(O)c1OCC=C(C)C. The summed E-state index contributed by atoms with van der Waals surface area (Å²) < 4.78 is 10.8. The summed E-state index contributed by atoms with van der Waals surface area (Å²) in [6, 6.07) is 11.0. The average molecular weight is 354 g/mol. The van der Waals surface area contributed by atoms with Crippen LogP contribution in [0.2, 0.25) is 0 Å². The second-order valence-electron chi connectivity index (χ2n) is 5.86. The summed E-state index contributed by atoms with van der Waals surface area (Å²) in [6.45, 7) is 4.03. The Balaban J connectivity index is 2.48. The highest BCUT2D eigenvalue weighted by atomic mass is 16.5. The van der Waals surface area contributed by atoms with Crippen LogP contribution in [-0.4, -0.2) is 29.9 Å². The van der Waals surface area contributed by atoms with Crippen LogP contribution < -0.4 is 9.47 Å². The molecule has 0 aliphatic carbocycles. The maximum absolute atomic E-state index is 11.7. The number of carboxylic acids is 1. The molecular formula is C21H22O5. The number of phenols is 1. The molecule has 0 saturated carbocycles. The molecule has 5 heteroatoms. The van der Waals surface area contributed by atoms with E-state index in [0.29, 0.717) is 5.56 Å². The number of carbonyl (C=O) groups is 1. The normalized spacial score (nSPS) is 10.6. The van der Waals surface area contributed by atoms with E-state index in [1.807, 2.05) is 50.3 Å². The molecule has 0 atom stereocenters. The van der Waals surface area contributed by atoms with E-state index < -0.39 is 11.7 Å². The number of rotatable bonds is 7. The van der Waals surface area contributed by atoms with Crippen molar-refractivity contribution in [2.24, 2.45) is 0 Å². The molecule has 0 spiro atoms. The van der Waals surface area contributed by atoms with Crippen molar-refractivity contribution in [1.29, 1.82) is 0 Å². The van der Waals surface area contributed by atoms with Gasteiger partial charge < -0.3 is 19.7 Å². The van der Waals surface area contributed by atoms with Gasteiger partial charge in [0.1, 0.15) is 12.2 Å². The minimum absolute atomic E-state index is 0.0132. The van der Waals surface area contributed by atoms with E-state index in [4.69, 9.17) is 9.47 Å². The molecule has 0 unspecified atom stereocenters. The van der Waals surface area contributed by atoms with Gasteiger partial charge in [0.25, 0.3) is 0 Å². The Bertz CT molecular complexity index is 831. The van der Waals surface area contributed by atoms with E-state index >= 15 is 0 Å². The van der Waals surface area contributed by atoms with Crippen LogP contribution in [0.25, 0.3) is 12.2 Å². The van der Waals surface area contributed by atoms with Crippen molar-refractivity contribution >= 4 is 18.1 Å². The molecule has 0 amide bonds. The monoisotopic (exact) mass is 354 g/mol. The molecule has 136 valence electrons. The fourth-order valence-electron chi connectivity index (χ4n) is 2.34. The van der Waals surface area contributed by atoms with Gasteiger partial charge in [-0.1, -0.05) is 48.1 Å². The Hall–Kier alpha value is -3.21. The molecule has 0 heterocycles. The summed E-state index contributed by atoms with van der Waals surface area (Å²) in [5, 5.41) is 20.0. The van der Waals surface area contributed by atoms with Crippen LogP contribution in [0.4, 0.5) is 0 Å². The van der Waals surface area contributed by atoms with Crippen molar-refractivity contribution in [3.8, 4) is 17.2 Å². The second-order valence-corrected chi connectivity index (χ2v) is 5.86. The first-order chi connectivity index (χ1) is 12.4. The van der Waals surface area contributed by atoms with E-state index in [0.717, 1.165) is 11.1 Å². The topological polar surface area (TPSA) is 76.0 Å². The molecule has 2 rings (SSSR count). The predicted molar refractivity (Wildman–Crippen MR) is 102 cm³/mol. The number of hydrogen-bond acceptors (Lipinski definition) is 4. The number of carboxylic acid groups (broad SMARTS) is 1. The molecule has 0 fully saturated rings. The van der Waals surface area contributed by atoms with E-state index in [2.05, 4.69) is 0 Å². The minimum atomic E-state index is -1.25. The largest absolute Gasteiger partial charge is 0.504 e. The molecule has 2 N–H and O–H groups in total. The van der Waals surface area contributed by atoms with Crippen molar-refractivity contribution in [2.45, 2.75) is 13.8 Å². The van der Waals surface area contributed by atoms with Gasteiger partial charge in [-0.15, -0.1) is 0 Å². The fraction of sp³-hybridized carbons (Fsp3) is 0.190. The van der Waals surface area contributed by atoms with Crippen LogP contribution in [0.15, 0.2) is 48.0 Å². The van der Waals surface area contributed by atoms with Gasteiger partial charge in [-0.2, -0.15) is 0 Å². The van der Waals surface area contributed by atoms with Crippen LogP contribution in [0.1, 0.15) is 35.3 Å². The number of hydrogen-bond donors (Lipinski definition) is 2. The molecule has 0 bridgehead atoms. The van der Waals surface area contributed by atoms with Crippen molar-refractivity contribution in [3.63, 3.8) is 0 Å². The summed E-state index contributed by atoms with van der Waals surface area (Å²) >= 11 is 0. The number of ether oxygens (including phenoxy) is 2. The van der Waals surface area contributed by atoms with Crippen LogP contribution in [-0.2, 0) is 0 Å². The number of allylic oxidation sites excluding steroid dienone is 1. The van der Waals surface area contributed by atoms with Gasteiger partial charge in [0.2, 0.25) is 5.75 Å². The number of aromatic hydroxyl groups is 1. The maximum Gasteiger partial charge on any atom is 0.340 e. The highest BCUT2D eigenvalue weighted by Crippen LogP contribution is 2.42. The minimum Gasteiger partial charge on any atom is -0.504 e. The van der Waals surface area contributed by atoms with Gasteiger partial charge >= 0.3 is 5.97 Å². The Kier molecular flexibility index (Phi) is 6.44. The first-order valence-electron chi connectivity index (χ1n) is 8.10. The Labute approximate surface area is 152 Å². The first kappa shape index (κ1) is 19.1. The molecule has 0 saturated heterocycles. The first-order valence-corrected chi connectivity index (χ1v) is 8.10. The summed E-state index contributed by atoms with van der Waals surface area (Å²) in [5.74, 6) is -1.42. The third kappa shape index (κ3) is 4.66. The van der Waals surface area contributed by atoms with Gasteiger partial charge in [0.05, 0.1) is 7.11 Å². The molecule has 2 aromatic rings. The van der Waals surface area contributed by atoms with Crippen molar-refractivity contribution in [2.75, 3.05) is 13.7 Å². The fourth-order valence-corrected chi connectivity index (χ4v) is 2.34. The third-order valence-electron chi connectivity index (χ3n) is 3.66. The Morgan fingerprint density at radius 1 is 1.15 bits per heavy atom. The van der Waals surface area contributed by atoms with Crippen LogP contribution in [0.5, 0.6) is 17.2 Å². The Morgan fingerprint density at radius 3 is 2.42 bits per heavy atom. The van der Waals surface area contributed by atoms with Gasteiger partial charge in [0, 0.05) is 0 Å². The number of benzene rings is 2. The predicted octanol–water partition coefficient (Wildman–Crippen LogP) is 4.61.